The summed E-state index contributed by atoms with van der Waals surface area (Å²) >= 11 is 5.96. The van der Waals surface area contributed by atoms with Crippen LogP contribution >= 0.6 is 11.6 Å². The molecule has 3 rings (SSSR count). The molecule has 0 saturated carbocycles. The van der Waals surface area contributed by atoms with E-state index in [0.717, 1.165) is 16.9 Å². The van der Waals surface area contributed by atoms with Gasteiger partial charge in [-0.15, -0.1) is 10.2 Å². The molecule has 3 aromatic rings. The maximum atomic E-state index is 5.96. The fourth-order valence-corrected chi connectivity index (χ4v) is 2.20. The predicted molar refractivity (Wildman–Crippen MR) is 86.7 cm³/mol. The molecular formula is C17H13ClN2O2. The zero-order valence-corrected chi connectivity index (χ0v) is 12.6. The summed E-state index contributed by atoms with van der Waals surface area (Å²) in [5, 5.41) is 8.66. The van der Waals surface area contributed by atoms with Crippen molar-refractivity contribution in [2.24, 2.45) is 0 Å². The van der Waals surface area contributed by atoms with E-state index >= 15 is 0 Å². The molecule has 5 heteroatoms. The third-order valence-electron chi connectivity index (χ3n) is 3.06. The number of halogens is 1. The van der Waals surface area contributed by atoms with Gasteiger partial charge in [-0.3, -0.25) is 0 Å². The van der Waals surface area contributed by atoms with Gasteiger partial charge in [0.15, 0.2) is 0 Å². The molecule has 22 heavy (non-hydrogen) atoms. The maximum absolute atomic E-state index is 5.96. The lowest BCUT2D eigenvalue weighted by Gasteiger charge is -2.02. The first-order chi connectivity index (χ1) is 10.8. The lowest BCUT2D eigenvalue weighted by atomic mass is 10.2. The Balaban J connectivity index is 1.84. The van der Waals surface area contributed by atoms with Crippen molar-refractivity contribution in [3.63, 3.8) is 0 Å². The van der Waals surface area contributed by atoms with Crippen LogP contribution < -0.4 is 4.74 Å². The van der Waals surface area contributed by atoms with E-state index in [1.165, 1.54) is 0 Å². The van der Waals surface area contributed by atoms with Gasteiger partial charge in [-0.1, -0.05) is 35.9 Å². The summed E-state index contributed by atoms with van der Waals surface area (Å²) in [6.45, 7) is 0. The molecule has 0 aliphatic heterocycles. The third kappa shape index (κ3) is 3.18. The normalized spacial score (nSPS) is 11.0. The quantitative estimate of drug-likeness (QED) is 0.708. The molecule has 4 nitrogen and oxygen atoms in total. The Morgan fingerprint density at radius 3 is 2.73 bits per heavy atom. The van der Waals surface area contributed by atoms with Crippen LogP contribution in [0.15, 0.2) is 52.9 Å². The Kier molecular flexibility index (Phi) is 4.21. The first-order valence-electron chi connectivity index (χ1n) is 6.67. The smallest absolute Gasteiger partial charge is 0.248 e. The van der Waals surface area contributed by atoms with E-state index in [-0.39, 0.29) is 0 Å². The number of ether oxygens (including phenoxy) is 1. The molecular weight excluding hydrogens is 300 g/mol. The van der Waals surface area contributed by atoms with Crippen LogP contribution in [0.1, 0.15) is 11.5 Å². The Bertz CT molecular complexity index is 812. The molecule has 0 aliphatic carbocycles. The summed E-state index contributed by atoms with van der Waals surface area (Å²) in [5.41, 5.74) is 1.73. The van der Waals surface area contributed by atoms with E-state index < -0.39 is 0 Å². The Labute approximate surface area is 133 Å². The Morgan fingerprint density at radius 2 is 1.91 bits per heavy atom. The van der Waals surface area contributed by atoms with Crippen LogP contribution in [0.25, 0.3) is 23.6 Å². The number of nitrogens with zero attached hydrogens (tertiary/aromatic N) is 2. The van der Waals surface area contributed by atoms with Crippen LogP contribution in [0.3, 0.4) is 0 Å². The van der Waals surface area contributed by atoms with E-state index in [4.69, 9.17) is 20.8 Å². The molecule has 1 aromatic heterocycles. The van der Waals surface area contributed by atoms with Crippen LogP contribution in [-0.2, 0) is 0 Å². The highest BCUT2D eigenvalue weighted by Crippen LogP contribution is 2.23. The molecule has 0 saturated heterocycles. The van der Waals surface area contributed by atoms with Crippen LogP contribution in [0.2, 0.25) is 5.02 Å². The zero-order chi connectivity index (χ0) is 15.4. The average Bonchev–Trinajstić information content (AvgIpc) is 3.02. The van der Waals surface area contributed by atoms with Crippen molar-refractivity contribution in [2.45, 2.75) is 0 Å². The van der Waals surface area contributed by atoms with Gasteiger partial charge < -0.3 is 9.15 Å². The molecule has 1 heterocycles. The zero-order valence-electron chi connectivity index (χ0n) is 11.9. The summed E-state index contributed by atoms with van der Waals surface area (Å²) in [4.78, 5) is 0. The topological polar surface area (TPSA) is 48.2 Å². The molecule has 0 atom stereocenters. The minimum Gasteiger partial charge on any atom is -0.496 e. The minimum absolute atomic E-state index is 0.417. The molecule has 0 spiro atoms. The first kappa shape index (κ1) is 14.4. The molecule has 110 valence electrons. The SMILES string of the molecule is COc1ccccc1/C=C/c1nnc(-c2cccc(Cl)c2)o1. The number of para-hydroxylation sites is 1. The van der Waals surface area contributed by atoms with Crippen LogP contribution in [0.5, 0.6) is 5.75 Å². The maximum Gasteiger partial charge on any atom is 0.248 e. The van der Waals surface area contributed by atoms with E-state index in [0.29, 0.717) is 16.8 Å². The van der Waals surface area contributed by atoms with Crippen molar-refractivity contribution in [1.29, 1.82) is 0 Å². The minimum atomic E-state index is 0.417. The van der Waals surface area contributed by atoms with Crippen LogP contribution in [0.4, 0.5) is 0 Å². The van der Waals surface area contributed by atoms with Gasteiger partial charge in [0, 0.05) is 22.2 Å². The molecule has 0 radical (unpaired) electrons. The second-order valence-electron chi connectivity index (χ2n) is 4.53. The molecule has 0 bridgehead atoms. The van der Waals surface area contributed by atoms with Crippen molar-refractivity contribution in [2.75, 3.05) is 7.11 Å². The number of hydrogen-bond acceptors (Lipinski definition) is 4. The standard InChI is InChI=1S/C17H13ClN2O2/c1-21-15-8-3-2-5-12(15)9-10-16-19-20-17(22-16)13-6-4-7-14(18)11-13/h2-11H,1H3/b10-9+. The van der Waals surface area contributed by atoms with Crippen molar-refractivity contribution >= 4 is 23.8 Å². The monoisotopic (exact) mass is 312 g/mol. The van der Waals surface area contributed by atoms with Crippen molar-refractivity contribution in [3.8, 4) is 17.2 Å². The van der Waals surface area contributed by atoms with Gasteiger partial charge in [-0.05, 0) is 30.3 Å². The number of aromatic nitrogens is 2. The second-order valence-corrected chi connectivity index (χ2v) is 4.97. The van der Waals surface area contributed by atoms with Crippen molar-refractivity contribution in [3.05, 3.63) is 65.0 Å². The van der Waals surface area contributed by atoms with Crippen molar-refractivity contribution in [1.82, 2.24) is 10.2 Å². The van der Waals surface area contributed by atoms with Crippen molar-refractivity contribution < 1.29 is 9.15 Å². The van der Waals surface area contributed by atoms with E-state index in [1.54, 1.807) is 25.3 Å². The van der Waals surface area contributed by atoms with Crippen LogP contribution in [0, 0.1) is 0 Å². The third-order valence-corrected chi connectivity index (χ3v) is 3.29. The first-order valence-corrected chi connectivity index (χ1v) is 7.04. The fraction of sp³-hybridized carbons (Fsp3) is 0.0588. The summed E-state index contributed by atoms with van der Waals surface area (Å²) in [6, 6.07) is 15.0. The highest BCUT2D eigenvalue weighted by molar-refractivity contribution is 6.30. The molecule has 0 amide bonds. The lowest BCUT2D eigenvalue weighted by Crippen LogP contribution is -1.85. The van der Waals surface area contributed by atoms with Gasteiger partial charge in [0.2, 0.25) is 11.8 Å². The highest BCUT2D eigenvalue weighted by atomic mass is 35.5. The van der Waals surface area contributed by atoms with Gasteiger partial charge in [-0.25, -0.2) is 0 Å². The molecule has 0 unspecified atom stereocenters. The van der Waals surface area contributed by atoms with E-state index in [9.17, 15) is 0 Å². The van der Waals surface area contributed by atoms with Crippen LogP contribution in [-0.4, -0.2) is 17.3 Å². The number of benzene rings is 2. The summed E-state index contributed by atoms with van der Waals surface area (Å²) < 4.78 is 10.9. The van der Waals surface area contributed by atoms with E-state index in [2.05, 4.69) is 10.2 Å². The predicted octanol–water partition coefficient (Wildman–Crippen LogP) is 4.57. The average molecular weight is 313 g/mol. The number of methoxy groups -OCH3 is 1. The summed E-state index contributed by atoms with van der Waals surface area (Å²) in [7, 11) is 1.64. The van der Waals surface area contributed by atoms with Gasteiger partial charge in [-0.2, -0.15) is 0 Å². The highest BCUT2D eigenvalue weighted by Gasteiger charge is 2.07. The summed E-state index contributed by atoms with van der Waals surface area (Å²) in [6.07, 6.45) is 3.62. The molecule has 0 aliphatic rings. The Hall–Kier alpha value is -2.59. The van der Waals surface area contributed by atoms with Gasteiger partial charge in [0.05, 0.1) is 7.11 Å². The Morgan fingerprint density at radius 1 is 1.05 bits per heavy atom. The van der Waals surface area contributed by atoms with Gasteiger partial charge in [0.25, 0.3) is 0 Å². The number of rotatable bonds is 4. The molecule has 0 N–H and O–H groups in total. The van der Waals surface area contributed by atoms with E-state index in [1.807, 2.05) is 42.5 Å². The largest absolute Gasteiger partial charge is 0.496 e. The second kappa shape index (κ2) is 6.45. The molecule has 0 fully saturated rings. The lowest BCUT2D eigenvalue weighted by molar-refractivity contribution is 0.414. The molecule has 2 aromatic carbocycles. The fourth-order valence-electron chi connectivity index (χ4n) is 2.01. The van der Waals surface area contributed by atoms with Gasteiger partial charge in [0.1, 0.15) is 5.75 Å². The summed E-state index contributed by atoms with van der Waals surface area (Å²) in [5.74, 6) is 1.64. The number of hydrogen-bond donors (Lipinski definition) is 0. The van der Waals surface area contributed by atoms with Gasteiger partial charge >= 0.3 is 0 Å².